The number of aromatic nitrogens is 1. The Bertz CT molecular complexity index is 1310. The lowest BCUT2D eigenvalue weighted by atomic mass is 9.78. The van der Waals surface area contributed by atoms with Crippen molar-refractivity contribution in [2.75, 3.05) is 19.6 Å². The Labute approximate surface area is 232 Å². The van der Waals surface area contributed by atoms with Gasteiger partial charge in [0.25, 0.3) is 0 Å². The molecule has 4 unspecified atom stereocenters. The summed E-state index contributed by atoms with van der Waals surface area (Å²) in [5.74, 6) is 0.184. The van der Waals surface area contributed by atoms with E-state index in [1.807, 2.05) is 12.1 Å². The molecular formula is C31H36F3N3O3. The highest BCUT2D eigenvalue weighted by Gasteiger charge is 2.57. The Hall–Kier alpha value is -2.94. The first-order chi connectivity index (χ1) is 19.0. The average molecular weight is 556 g/mol. The number of benzene rings is 1. The monoisotopic (exact) mass is 555 g/mol. The van der Waals surface area contributed by atoms with Crippen LogP contribution in [-0.2, 0) is 23.9 Å². The van der Waals surface area contributed by atoms with E-state index in [2.05, 4.69) is 16.8 Å². The van der Waals surface area contributed by atoms with E-state index in [0.29, 0.717) is 53.6 Å². The van der Waals surface area contributed by atoms with Crippen molar-refractivity contribution in [3.05, 3.63) is 64.5 Å². The van der Waals surface area contributed by atoms with E-state index < -0.39 is 23.1 Å². The third-order valence-electron chi connectivity index (χ3n) is 10.2. The van der Waals surface area contributed by atoms with Crippen LogP contribution >= 0.6 is 0 Å². The molecule has 0 radical (unpaired) electrons. The van der Waals surface area contributed by atoms with Crippen molar-refractivity contribution in [2.24, 2.45) is 17.3 Å². The predicted octanol–water partition coefficient (Wildman–Crippen LogP) is 5.76. The first-order valence-electron chi connectivity index (χ1n) is 14.5. The fourth-order valence-corrected chi connectivity index (χ4v) is 8.21. The van der Waals surface area contributed by atoms with Crippen LogP contribution in [0.25, 0.3) is 0 Å². The number of likely N-dealkylation sites (tertiary alicyclic amines) is 1. The summed E-state index contributed by atoms with van der Waals surface area (Å²) in [5, 5.41) is 9.41. The maximum Gasteiger partial charge on any atom is 0.417 e. The number of hydrogen-bond donors (Lipinski definition) is 1. The third kappa shape index (κ3) is 4.80. The summed E-state index contributed by atoms with van der Waals surface area (Å²) in [4.78, 5) is 34.0. The van der Waals surface area contributed by atoms with Gasteiger partial charge >= 0.3 is 12.1 Å². The second kappa shape index (κ2) is 10.2. The Morgan fingerprint density at radius 3 is 2.73 bits per heavy atom. The van der Waals surface area contributed by atoms with E-state index in [1.54, 1.807) is 17.0 Å². The van der Waals surface area contributed by atoms with Crippen molar-refractivity contribution in [3.63, 3.8) is 0 Å². The molecule has 214 valence electrons. The number of fused-ring (bicyclic) bond motifs is 2. The standard InChI is InChI=1S/C31H36F3N3O3/c1-19-17-36(10-7-26(19)20-4-2-5-21(12-20)28(38)39)25-14-23-6-3-9-30(23,15-25)29(40)37-11-8-27-22(18-37)13-24(16-35-27)31(32,33)34/h2,4-5,12-13,16,19,23,25-26H,3,6-11,14-15,17-18H2,1H3,(H,38,39)/t19-,23?,25?,26?,30?/m1/s1. The summed E-state index contributed by atoms with van der Waals surface area (Å²) < 4.78 is 39.9. The van der Waals surface area contributed by atoms with Crippen molar-refractivity contribution < 1.29 is 27.9 Å². The van der Waals surface area contributed by atoms with E-state index in [9.17, 15) is 27.9 Å². The van der Waals surface area contributed by atoms with Gasteiger partial charge in [-0.3, -0.25) is 9.78 Å². The number of carbonyl (C=O) groups is 2. The number of nitrogens with zero attached hydrogens (tertiary/aromatic N) is 3. The minimum Gasteiger partial charge on any atom is -0.478 e. The van der Waals surface area contributed by atoms with Crippen LogP contribution in [0.15, 0.2) is 36.5 Å². The first kappa shape index (κ1) is 27.2. The van der Waals surface area contributed by atoms with Crippen LogP contribution in [0.1, 0.15) is 84.1 Å². The molecule has 3 fully saturated rings. The molecule has 1 aromatic carbocycles. The third-order valence-corrected chi connectivity index (χ3v) is 10.2. The normalized spacial score (nSPS) is 30.6. The van der Waals surface area contributed by atoms with Gasteiger partial charge in [-0.05, 0) is 85.7 Å². The van der Waals surface area contributed by atoms with Crippen LogP contribution in [0.5, 0.6) is 0 Å². The van der Waals surface area contributed by atoms with Crippen molar-refractivity contribution in [2.45, 2.75) is 76.6 Å². The van der Waals surface area contributed by atoms with Gasteiger partial charge in [0.1, 0.15) is 0 Å². The van der Waals surface area contributed by atoms with E-state index in [0.717, 1.165) is 63.4 Å². The molecule has 5 atom stereocenters. The molecule has 2 aromatic rings. The van der Waals surface area contributed by atoms with Crippen LogP contribution in [0.3, 0.4) is 0 Å². The van der Waals surface area contributed by atoms with Gasteiger partial charge < -0.3 is 14.9 Å². The van der Waals surface area contributed by atoms with Crippen molar-refractivity contribution in [1.29, 1.82) is 0 Å². The van der Waals surface area contributed by atoms with E-state index in [1.165, 1.54) is 6.07 Å². The minimum absolute atomic E-state index is 0.119. The fourth-order valence-electron chi connectivity index (χ4n) is 8.21. The summed E-state index contributed by atoms with van der Waals surface area (Å²) in [6, 6.07) is 8.77. The topological polar surface area (TPSA) is 73.7 Å². The van der Waals surface area contributed by atoms with E-state index in [4.69, 9.17) is 0 Å². The zero-order valence-corrected chi connectivity index (χ0v) is 22.8. The van der Waals surface area contributed by atoms with Gasteiger partial charge in [-0.1, -0.05) is 25.5 Å². The molecule has 1 saturated heterocycles. The van der Waals surface area contributed by atoms with Crippen LogP contribution in [0.2, 0.25) is 0 Å². The molecular weight excluding hydrogens is 519 g/mol. The number of hydrogen-bond acceptors (Lipinski definition) is 4. The number of amides is 1. The molecule has 0 spiro atoms. The SMILES string of the molecule is C[C@@H]1CN(C2CC3CCCC3(C(=O)N3CCc4ncc(C(F)(F)F)cc4C3)C2)CCC1c1cccc(C(=O)O)c1. The molecule has 1 aromatic heterocycles. The lowest BCUT2D eigenvalue weighted by Crippen LogP contribution is -2.48. The highest BCUT2D eigenvalue weighted by Crippen LogP contribution is 2.57. The summed E-state index contributed by atoms with van der Waals surface area (Å²) >= 11 is 0. The number of halogens is 3. The van der Waals surface area contributed by atoms with Gasteiger partial charge in [0.2, 0.25) is 5.91 Å². The molecule has 6 nitrogen and oxygen atoms in total. The van der Waals surface area contributed by atoms with Crippen molar-refractivity contribution >= 4 is 11.9 Å². The molecule has 4 aliphatic rings. The Kier molecular flexibility index (Phi) is 6.92. The van der Waals surface area contributed by atoms with Crippen LogP contribution in [0, 0.1) is 17.3 Å². The van der Waals surface area contributed by atoms with Gasteiger partial charge in [-0.2, -0.15) is 13.2 Å². The molecule has 6 rings (SSSR count). The molecule has 2 aliphatic heterocycles. The van der Waals surface area contributed by atoms with Crippen LogP contribution in [0.4, 0.5) is 13.2 Å². The zero-order valence-electron chi connectivity index (χ0n) is 22.8. The number of piperidine rings is 1. The van der Waals surface area contributed by atoms with E-state index in [-0.39, 0.29) is 12.5 Å². The van der Waals surface area contributed by atoms with Crippen LogP contribution < -0.4 is 0 Å². The summed E-state index contributed by atoms with van der Waals surface area (Å²) in [6.07, 6.45) is 2.58. The van der Waals surface area contributed by atoms with Crippen LogP contribution in [-0.4, -0.2) is 57.4 Å². The predicted molar refractivity (Wildman–Crippen MR) is 143 cm³/mol. The second-order valence-electron chi connectivity index (χ2n) is 12.4. The summed E-state index contributed by atoms with van der Waals surface area (Å²) in [5.41, 5.74) is 1.39. The molecule has 0 bridgehead atoms. The maximum absolute atomic E-state index is 14.1. The molecule has 3 heterocycles. The Morgan fingerprint density at radius 2 is 1.98 bits per heavy atom. The number of carbonyl (C=O) groups excluding carboxylic acids is 1. The number of alkyl halides is 3. The highest BCUT2D eigenvalue weighted by molar-refractivity contribution is 5.87. The molecule has 40 heavy (non-hydrogen) atoms. The molecule has 1 N–H and O–H groups in total. The molecule has 9 heteroatoms. The average Bonchev–Trinajstić information content (AvgIpc) is 3.50. The van der Waals surface area contributed by atoms with Gasteiger partial charge in [-0.25, -0.2) is 4.79 Å². The highest BCUT2D eigenvalue weighted by atomic mass is 19.4. The Balaban J connectivity index is 1.15. The lowest BCUT2D eigenvalue weighted by Gasteiger charge is -2.41. The fraction of sp³-hybridized carbons (Fsp3) is 0.581. The number of carboxylic acids is 1. The maximum atomic E-state index is 14.1. The Morgan fingerprint density at radius 1 is 1.15 bits per heavy atom. The van der Waals surface area contributed by atoms with E-state index >= 15 is 0 Å². The number of carboxylic acid groups (broad SMARTS) is 1. The smallest absolute Gasteiger partial charge is 0.417 e. The second-order valence-corrected chi connectivity index (χ2v) is 12.4. The number of aromatic carboxylic acids is 1. The van der Waals surface area contributed by atoms with Crippen molar-refractivity contribution in [1.82, 2.24) is 14.8 Å². The number of rotatable bonds is 4. The van der Waals surface area contributed by atoms with Gasteiger partial charge in [0.15, 0.2) is 0 Å². The zero-order chi connectivity index (χ0) is 28.2. The van der Waals surface area contributed by atoms with Gasteiger partial charge in [-0.15, -0.1) is 0 Å². The van der Waals surface area contributed by atoms with Crippen molar-refractivity contribution in [3.8, 4) is 0 Å². The lowest BCUT2D eigenvalue weighted by molar-refractivity contribution is -0.144. The summed E-state index contributed by atoms with van der Waals surface area (Å²) in [6.45, 7) is 4.75. The van der Waals surface area contributed by atoms with Gasteiger partial charge in [0.05, 0.1) is 16.5 Å². The quantitative estimate of drug-likeness (QED) is 0.520. The molecule has 2 aliphatic carbocycles. The summed E-state index contributed by atoms with van der Waals surface area (Å²) in [7, 11) is 0. The largest absolute Gasteiger partial charge is 0.478 e. The molecule has 1 amide bonds. The first-order valence-corrected chi connectivity index (χ1v) is 14.5. The van der Waals surface area contributed by atoms with Gasteiger partial charge in [0, 0.05) is 44.0 Å². The minimum atomic E-state index is -4.45. The molecule has 2 saturated carbocycles. The number of pyridine rings is 1.